The molecule has 0 aromatic heterocycles. The van der Waals surface area contributed by atoms with Crippen LogP contribution in [-0.2, 0) is 4.79 Å². The smallest absolute Gasteiger partial charge is 0.325 e. The zero-order chi connectivity index (χ0) is 14.3. The number of aliphatic hydroxyl groups is 1. The molecule has 2 atom stereocenters. The summed E-state index contributed by atoms with van der Waals surface area (Å²) >= 11 is 0. The van der Waals surface area contributed by atoms with Crippen LogP contribution >= 0.6 is 0 Å². The van der Waals surface area contributed by atoms with Crippen LogP contribution in [0.2, 0.25) is 0 Å². The molecule has 2 unspecified atom stereocenters. The first-order chi connectivity index (χ1) is 8.74. The van der Waals surface area contributed by atoms with Crippen molar-refractivity contribution in [1.29, 1.82) is 0 Å². The highest BCUT2D eigenvalue weighted by Gasteiger charge is 2.53. The van der Waals surface area contributed by atoms with Gasteiger partial charge in [-0.05, 0) is 39.0 Å². The third kappa shape index (κ3) is 2.76. The fraction of sp³-hybridized carbons (Fsp3) is 0.857. The highest BCUT2D eigenvalue weighted by molar-refractivity contribution is 6.07. The van der Waals surface area contributed by atoms with Crippen LogP contribution in [0.1, 0.15) is 52.9 Å². The maximum atomic E-state index is 12.2. The van der Waals surface area contributed by atoms with Crippen molar-refractivity contribution in [3.8, 4) is 0 Å². The zero-order valence-electron chi connectivity index (χ0n) is 12.0. The predicted octanol–water partition coefficient (Wildman–Crippen LogP) is 1.65. The first-order valence-corrected chi connectivity index (χ1v) is 7.10. The molecule has 1 saturated heterocycles. The Labute approximate surface area is 114 Å². The molecular weight excluding hydrogens is 244 g/mol. The molecule has 3 amide bonds. The van der Waals surface area contributed by atoms with Crippen molar-refractivity contribution in [3.63, 3.8) is 0 Å². The van der Waals surface area contributed by atoms with Crippen LogP contribution in [0, 0.1) is 5.92 Å². The van der Waals surface area contributed by atoms with E-state index in [0.717, 1.165) is 25.7 Å². The predicted molar refractivity (Wildman–Crippen MR) is 71.5 cm³/mol. The van der Waals surface area contributed by atoms with E-state index in [-0.39, 0.29) is 11.9 Å². The molecule has 2 fully saturated rings. The van der Waals surface area contributed by atoms with Crippen LogP contribution in [-0.4, -0.2) is 39.6 Å². The molecule has 5 heteroatoms. The van der Waals surface area contributed by atoms with Crippen molar-refractivity contribution in [3.05, 3.63) is 0 Å². The summed E-state index contributed by atoms with van der Waals surface area (Å²) in [6, 6.07) is -0.302. The summed E-state index contributed by atoms with van der Waals surface area (Å²) in [5.41, 5.74) is -1.49. The molecule has 5 nitrogen and oxygen atoms in total. The number of rotatable bonds is 3. The van der Waals surface area contributed by atoms with Crippen molar-refractivity contribution in [1.82, 2.24) is 10.2 Å². The van der Waals surface area contributed by atoms with Crippen LogP contribution in [0.4, 0.5) is 4.79 Å². The summed E-state index contributed by atoms with van der Waals surface area (Å²) in [7, 11) is 0. The maximum Gasteiger partial charge on any atom is 0.325 e. The van der Waals surface area contributed by atoms with E-state index in [1.54, 1.807) is 18.7 Å². The fourth-order valence-corrected chi connectivity index (χ4v) is 3.27. The molecule has 0 aromatic carbocycles. The van der Waals surface area contributed by atoms with Gasteiger partial charge in [0.15, 0.2) is 0 Å². The number of hydrogen-bond acceptors (Lipinski definition) is 3. The Balaban J connectivity index is 2.18. The van der Waals surface area contributed by atoms with E-state index in [4.69, 9.17) is 0 Å². The van der Waals surface area contributed by atoms with Crippen molar-refractivity contribution in [2.45, 2.75) is 64.0 Å². The van der Waals surface area contributed by atoms with Gasteiger partial charge in [-0.3, -0.25) is 10.1 Å². The Hall–Kier alpha value is -1.10. The third-order valence-corrected chi connectivity index (χ3v) is 4.33. The lowest BCUT2D eigenvalue weighted by molar-refractivity contribution is -0.129. The molecular formula is C14H24N2O3. The first kappa shape index (κ1) is 14.3. The van der Waals surface area contributed by atoms with E-state index in [0.29, 0.717) is 18.9 Å². The summed E-state index contributed by atoms with van der Waals surface area (Å²) in [5, 5.41) is 12.3. The highest BCUT2D eigenvalue weighted by atomic mass is 16.3. The van der Waals surface area contributed by atoms with Gasteiger partial charge >= 0.3 is 6.03 Å². The summed E-state index contributed by atoms with van der Waals surface area (Å²) in [6.07, 6.45) is 4.03. The molecule has 1 saturated carbocycles. The fourth-order valence-electron chi connectivity index (χ4n) is 3.27. The molecule has 1 aliphatic carbocycles. The van der Waals surface area contributed by atoms with Gasteiger partial charge in [-0.25, -0.2) is 4.79 Å². The summed E-state index contributed by atoms with van der Waals surface area (Å²) < 4.78 is 0. The standard InChI is InChI=1S/C14H24N2O3/c1-10-5-4-6-14(9-10)11(17)15-12(18)16(14)8-7-13(2,3)19/h10,19H,4-9H2,1-3H3,(H,15,17,18). The second-order valence-electron chi connectivity index (χ2n) is 6.71. The molecule has 108 valence electrons. The number of nitrogens with zero attached hydrogens (tertiary/aromatic N) is 1. The van der Waals surface area contributed by atoms with Gasteiger partial charge in [0.25, 0.3) is 5.91 Å². The minimum atomic E-state index is -0.826. The lowest BCUT2D eigenvalue weighted by Gasteiger charge is -2.41. The Bertz CT molecular complexity index is 389. The van der Waals surface area contributed by atoms with Gasteiger partial charge in [-0.2, -0.15) is 0 Å². The van der Waals surface area contributed by atoms with Crippen LogP contribution in [0.5, 0.6) is 0 Å². The summed E-state index contributed by atoms with van der Waals surface area (Å²) in [4.78, 5) is 25.9. The number of hydrogen-bond donors (Lipinski definition) is 2. The van der Waals surface area contributed by atoms with Crippen LogP contribution < -0.4 is 5.32 Å². The Morgan fingerprint density at radius 3 is 2.74 bits per heavy atom. The molecule has 2 N–H and O–H groups in total. The minimum absolute atomic E-state index is 0.153. The molecule has 0 radical (unpaired) electrons. The molecule has 1 heterocycles. The second kappa shape index (κ2) is 4.78. The maximum absolute atomic E-state index is 12.2. The Morgan fingerprint density at radius 1 is 1.47 bits per heavy atom. The number of carbonyl (C=O) groups is 2. The monoisotopic (exact) mass is 268 g/mol. The van der Waals surface area contributed by atoms with Gasteiger partial charge in [-0.1, -0.05) is 19.8 Å². The van der Waals surface area contributed by atoms with Gasteiger partial charge < -0.3 is 10.0 Å². The van der Waals surface area contributed by atoms with Gasteiger partial charge in [0.2, 0.25) is 0 Å². The van der Waals surface area contributed by atoms with Crippen LogP contribution in [0.15, 0.2) is 0 Å². The molecule has 2 aliphatic rings. The third-order valence-electron chi connectivity index (χ3n) is 4.33. The van der Waals surface area contributed by atoms with Gasteiger partial charge in [0, 0.05) is 6.54 Å². The van der Waals surface area contributed by atoms with E-state index in [1.165, 1.54) is 0 Å². The first-order valence-electron chi connectivity index (χ1n) is 7.10. The average Bonchev–Trinajstić information content (AvgIpc) is 2.47. The number of carbonyl (C=O) groups excluding carboxylic acids is 2. The number of urea groups is 1. The minimum Gasteiger partial charge on any atom is -0.390 e. The summed E-state index contributed by atoms with van der Waals surface area (Å²) in [6.45, 7) is 6.00. The topological polar surface area (TPSA) is 69.6 Å². The zero-order valence-corrected chi connectivity index (χ0v) is 12.0. The Kier molecular flexibility index (Phi) is 3.60. The molecule has 0 aromatic rings. The van der Waals surface area contributed by atoms with E-state index < -0.39 is 11.1 Å². The largest absolute Gasteiger partial charge is 0.390 e. The van der Waals surface area contributed by atoms with Crippen LogP contribution in [0.25, 0.3) is 0 Å². The Morgan fingerprint density at radius 2 is 2.16 bits per heavy atom. The molecule has 1 aliphatic heterocycles. The number of amides is 3. The number of nitrogens with one attached hydrogen (secondary N) is 1. The average molecular weight is 268 g/mol. The summed E-state index contributed by atoms with van der Waals surface area (Å²) in [5.74, 6) is 0.301. The van der Waals surface area contributed by atoms with E-state index >= 15 is 0 Å². The quantitative estimate of drug-likeness (QED) is 0.765. The number of imide groups is 1. The lowest BCUT2D eigenvalue weighted by atomic mass is 9.75. The van der Waals surface area contributed by atoms with E-state index in [9.17, 15) is 14.7 Å². The lowest BCUT2D eigenvalue weighted by Crippen LogP contribution is -2.53. The normalized spacial score (nSPS) is 32.0. The van der Waals surface area contributed by atoms with Gasteiger partial charge in [0.1, 0.15) is 5.54 Å². The van der Waals surface area contributed by atoms with Gasteiger partial charge in [0.05, 0.1) is 5.60 Å². The van der Waals surface area contributed by atoms with Crippen molar-refractivity contribution < 1.29 is 14.7 Å². The van der Waals surface area contributed by atoms with E-state index in [1.807, 2.05) is 0 Å². The van der Waals surface area contributed by atoms with Gasteiger partial charge in [-0.15, -0.1) is 0 Å². The van der Waals surface area contributed by atoms with Crippen molar-refractivity contribution in [2.75, 3.05) is 6.54 Å². The van der Waals surface area contributed by atoms with Crippen LogP contribution in [0.3, 0.4) is 0 Å². The molecule has 19 heavy (non-hydrogen) atoms. The highest BCUT2D eigenvalue weighted by Crippen LogP contribution is 2.40. The van der Waals surface area contributed by atoms with E-state index in [2.05, 4.69) is 12.2 Å². The second-order valence-corrected chi connectivity index (χ2v) is 6.71. The SMILES string of the molecule is CC1CCCC2(C1)C(=O)NC(=O)N2CCC(C)(C)O. The molecule has 1 spiro atoms. The van der Waals surface area contributed by atoms with Crippen molar-refractivity contribution in [2.24, 2.45) is 5.92 Å². The molecule has 0 bridgehead atoms. The van der Waals surface area contributed by atoms with Crippen molar-refractivity contribution >= 4 is 11.9 Å². The molecule has 2 rings (SSSR count).